The Morgan fingerprint density at radius 1 is 0.443 bits per heavy atom. The molecule has 4 nitrogen and oxygen atoms in total. The molecule has 61 heavy (non-hydrogen) atoms. The average molecular weight is 789 g/mol. The summed E-state index contributed by atoms with van der Waals surface area (Å²) < 4.78 is 13.8. The van der Waals surface area contributed by atoms with Crippen LogP contribution in [0.1, 0.15) is 52.7 Å². The minimum absolute atomic E-state index is 0.0227. The molecule has 0 saturated heterocycles. The molecule has 12 rings (SSSR count). The fourth-order valence-electron chi connectivity index (χ4n) is 10.1. The van der Waals surface area contributed by atoms with E-state index in [0.29, 0.717) is 0 Å². The number of para-hydroxylation sites is 3. The molecule has 4 heterocycles. The minimum Gasteiger partial charge on any atom is -0.456 e. The van der Waals surface area contributed by atoms with Crippen LogP contribution in [-0.2, 0) is 10.8 Å². The predicted octanol–water partition coefficient (Wildman–Crippen LogP) is 14.5. The van der Waals surface area contributed by atoms with Gasteiger partial charge in [-0.2, -0.15) is 0 Å². The molecule has 5 heteroatoms. The van der Waals surface area contributed by atoms with Crippen LogP contribution in [0.3, 0.4) is 0 Å². The van der Waals surface area contributed by atoms with Crippen molar-refractivity contribution in [1.29, 1.82) is 0 Å². The normalized spacial score (nSPS) is 13.6. The summed E-state index contributed by atoms with van der Waals surface area (Å²) in [7, 11) is 0. The molecule has 0 atom stereocenters. The summed E-state index contributed by atoms with van der Waals surface area (Å²) in [5.41, 5.74) is 18.9. The smallest absolute Gasteiger partial charge is 0.333 e. The molecule has 0 spiro atoms. The van der Waals surface area contributed by atoms with E-state index in [1.165, 1.54) is 33.2 Å². The van der Waals surface area contributed by atoms with Gasteiger partial charge >= 0.3 is 6.85 Å². The van der Waals surface area contributed by atoms with Gasteiger partial charge in [-0.1, -0.05) is 145 Å². The maximum atomic E-state index is 7.00. The highest BCUT2D eigenvalue weighted by molar-refractivity contribution is 6.94. The summed E-state index contributed by atoms with van der Waals surface area (Å²) in [4.78, 5) is 5.12. The number of furan rings is 2. The summed E-state index contributed by atoms with van der Waals surface area (Å²) in [5, 5.41) is 4.43. The summed E-state index contributed by atoms with van der Waals surface area (Å²) >= 11 is 0. The monoisotopic (exact) mass is 788 g/mol. The van der Waals surface area contributed by atoms with Crippen LogP contribution in [0.25, 0.3) is 66.1 Å². The van der Waals surface area contributed by atoms with Crippen molar-refractivity contribution in [3.63, 3.8) is 0 Å². The van der Waals surface area contributed by atoms with Crippen LogP contribution in [0.2, 0.25) is 0 Å². The second-order valence-electron chi connectivity index (χ2n) is 18.9. The summed E-state index contributed by atoms with van der Waals surface area (Å²) in [6.45, 7) is 13.5. The second kappa shape index (κ2) is 12.8. The number of anilines is 5. The van der Waals surface area contributed by atoms with Crippen molar-refractivity contribution >= 4 is 90.1 Å². The van der Waals surface area contributed by atoms with E-state index in [-0.39, 0.29) is 17.7 Å². The third-order valence-corrected chi connectivity index (χ3v) is 13.2. The molecular formula is C56H45BN2O2. The van der Waals surface area contributed by atoms with Crippen LogP contribution < -0.4 is 20.6 Å². The van der Waals surface area contributed by atoms with E-state index in [4.69, 9.17) is 8.83 Å². The van der Waals surface area contributed by atoms with Crippen molar-refractivity contribution in [3.8, 4) is 22.3 Å². The lowest BCUT2D eigenvalue weighted by atomic mass is 9.43. The van der Waals surface area contributed by atoms with Gasteiger partial charge in [-0.3, -0.25) is 0 Å². The zero-order valence-corrected chi connectivity index (χ0v) is 35.4. The zero-order valence-electron chi connectivity index (χ0n) is 35.4. The number of fused-ring (bicyclic) bond motifs is 11. The Hall–Kier alpha value is -6.98. The lowest BCUT2D eigenvalue weighted by Crippen LogP contribution is -2.61. The Morgan fingerprint density at radius 2 is 1.07 bits per heavy atom. The van der Waals surface area contributed by atoms with Gasteiger partial charge in [-0.05, 0) is 99.1 Å². The third kappa shape index (κ3) is 5.32. The maximum Gasteiger partial charge on any atom is 0.333 e. The average Bonchev–Trinajstić information content (AvgIpc) is 3.83. The summed E-state index contributed by atoms with van der Waals surface area (Å²) in [5.74, 6) is 0. The van der Waals surface area contributed by atoms with Crippen molar-refractivity contribution in [2.45, 2.75) is 52.4 Å². The first kappa shape index (κ1) is 35.9. The van der Waals surface area contributed by atoms with E-state index >= 15 is 0 Å². The van der Waals surface area contributed by atoms with Crippen LogP contribution in [0.15, 0.2) is 173 Å². The topological polar surface area (TPSA) is 32.8 Å². The standard InChI is InChI=1S/C56H45BN2O2/c1-55(2,3)35-24-27-37(28-25-35)59-46-21-13-10-20-40(46)52-53-48(32-43-39-19-12-15-23-50(39)61-54(43)52)58(45-29-26-36(56(4,5)6)30-41(45)34-16-8-7-9-17-34)47-31-42-38-18-11-14-22-49(38)60-51(42)33-44(47)57(53)59/h7-33H,1-6H3. The van der Waals surface area contributed by atoms with E-state index in [1.54, 1.807) is 0 Å². The molecule has 0 bridgehead atoms. The van der Waals surface area contributed by atoms with Crippen LogP contribution in [-0.4, -0.2) is 6.85 Å². The van der Waals surface area contributed by atoms with Gasteiger partial charge in [0.1, 0.15) is 22.3 Å². The van der Waals surface area contributed by atoms with Crippen molar-refractivity contribution < 1.29 is 8.83 Å². The highest BCUT2D eigenvalue weighted by Gasteiger charge is 2.47. The number of nitrogens with zero attached hydrogens (tertiary/aromatic N) is 2. The second-order valence-corrected chi connectivity index (χ2v) is 18.9. The van der Waals surface area contributed by atoms with Crippen molar-refractivity contribution in [3.05, 3.63) is 175 Å². The quantitative estimate of drug-likeness (QED) is 0.167. The van der Waals surface area contributed by atoms with E-state index < -0.39 is 0 Å². The van der Waals surface area contributed by atoms with Gasteiger partial charge in [0, 0.05) is 61.0 Å². The molecular weight excluding hydrogens is 743 g/mol. The molecule has 10 aromatic rings. The molecule has 2 aromatic heterocycles. The molecule has 0 aliphatic carbocycles. The number of rotatable bonds is 3. The Bertz CT molecular complexity index is 3400. The van der Waals surface area contributed by atoms with Gasteiger partial charge < -0.3 is 18.5 Å². The molecule has 0 radical (unpaired) electrons. The molecule has 0 amide bonds. The largest absolute Gasteiger partial charge is 0.456 e. The SMILES string of the molecule is CC(C)(C)c1ccc(N2B3c4cc5oc6ccccc6c5cc4N(c4ccc(C(C)(C)C)cc4-c4ccccc4)c4cc5c(oc6ccccc65)c(c43)-c3ccccc32)cc1. The highest BCUT2D eigenvalue weighted by Crippen LogP contribution is 2.52. The van der Waals surface area contributed by atoms with Crippen LogP contribution in [0.4, 0.5) is 28.4 Å². The molecule has 0 N–H and O–H groups in total. The molecule has 0 unspecified atom stereocenters. The number of hydrogen-bond acceptors (Lipinski definition) is 4. The lowest BCUT2D eigenvalue weighted by Gasteiger charge is -2.46. The third-order valence-electron chi connectivity index (χ3n) is 13.2. The van der Waals surface area contributed by atoms with Crippen molar-refractivity contribution in [2.75, 3.05) is 9.71 Å². The minimum atomic E-state index is -0.212. The van der Waals surface area contributed by atoms with E-state index in [9.17, 15) is 0 Å². The van der Waals surface area contributed by atoms with Gasteiger partial charge in [0.05, 0.1) is 5.69 Å². The Balaban J connectivity index is 1.26. The van der Waals surface area contributed by atoms with Gasteiger partial charge in [0.25, 0.3) is 0 Å². The summed E-state index contributed by atoms with van der Waals surface area (Å²) in [6, 6.07) is 60.2. The predicted molar refractivity (Wildman–Crippen MR) is 258 cm³/mol. The van der Waals surface area contributed by atoms with Gasteiger partial charge in [0.15, 0.2) is 0 Å². The Morgan fingerprint density at radius 3 is 1.80 bits per heavy atom. The zero-order chi connectivity index (χ0) is 41.4. The number of benzene rings is 8. The molecule has 8 aromatic carbocycles. The fourth-order valence-corrected chi connectivity index (χ4v) is 10.1. The molecule has 0 saturated carbocycles. The van der Waals surface area contributed by atoms with E-state index in [2.05, 4.69) is 215 Å². The summed E-state index contributed by atoms with van der Waals surface area (Å²) in [6.07, 6.45) is 0. The first-order valence-electron chi connectivity index (χ1n) is 21.5. The van der Waals surface area contributed by atoms with Gasteiger partial charge in [-0.15, -0.1) is 0 Å². The first-order valence-corrected chi connectivity index (χ1v) is 21.5. The molecule has 2 aliphatic heterocycles. The first-order chi connectivity index (χ1) is 29.5. The fraction of sp³-hybridized carbons (Fsp3) is 0.143. The highest BCUT2D eigenvalue weighted by atomic mass is 16.3. The molecule has 2 aliphatic rings. The van der Waals surface area contributed by atoms with Crippen molar-refractivity contribution in [1.82, 2.24) is 0 Å². The Labute approximate surface area is 356 Å². The van der Waals surface area contributed by atoms with E-state index in [0.717, 1.165) is 83.4 Å². The molecule has 294 valence electrons. The Kier molecular flexibility index (Phi) is 7.52. The number of hydrogen-bond donors (Lipinski definition) is 0. The lowest BCUT2D eigenvalue weighted by molar-refractivity contribution is 0.590. The maximum absolute atomic E-state index is 7.00. The van der Waals surface area contributed by atoms with Crippen LogP contribution >= 0.6 is 0 Å². The van der Waals surface area contributed by atoms with Gasteiger partial charge in [-0.25, -0.2) is 0 Å². The molecule has 0 fully saturated rings. The van der Waals surface area contributed by atoms with Crippen molar-refractivity contribution in [2.24, 2.45) is 0 Å². The van der Waals surface area contributed by atoms with Crippen LogP contribution in [0, 0.1) is 0 Å². The van der Waals surface area contributed by atoms with E-state index in [1.807, 2.05) is 0 Å². The van der Waals surface area contributed by atoms with Crippen LogP contribution in [0.5, 0.6) is 0 Å². The van der Waals surface area contributed by atoms with Gasteiger partial charge in [0.2, 0.25) is 0 Å².